The first-order valence-electron chi connectivity index (χ1n) is 12.9. The van der Waals surface area contributed by atoms with Gasteiger partial charge in [0.2, 0.25) is 0 Å². The van der Waals surface area contributed by atoms with Crippen LogP contribution in [0.4, 0.5) is 26.3 Å². The molecule has 0 unspecified atom stereocenters. The molecule has 5 rings (SSSR count). The summed E-state index contributed by atoms with van der Waals surface area (Å²) < 4.78 is 95.0. The van der Waals surface area contributed by atoms with Crippen molar-refractivity contribution in [3.8, 4) is 0 Å². The maximum absolute atomic E-state index is 15.3. The molecule has 0 N–H and O–H groups in total. The van der Waals surface area contributed by atoms with E-state index in [0.717, 1.165) is 24.3 Å². The third kappa shape index (κ3) is 5.97. The fourth-order valence-corrected chi connectivity index (χ4v) is 7.64. The van der Waals surface area contributed by atoms with E-state index in [1.54, 1.807) is 78.9 Å². The van der Waals surface area contributed by atoms with Crippen LogP contribution < -0.4 is 15.9 Å². The molecule has 8 heteroatoms. The van der Waals surface area contributed by atoms with Crippen molar-refractivity contribution in [2.75, 3.05) is 0 Å². The maximum Gasteiger partial charge on any atom is 0.416 e. The first-order chi connectivity index (χ1) is 20.0. The van der Waals surface area contributed by atoms with Crippen molar-refractivity contribution in [3.63, 3.8) is 0 Å². The highest BCUT2D eigenvalue weighted by Gasteiger charge is 2.34. The summed E-state index contributed by atoms with van der Waals surface area (Å²) >= 11 is 0. The quantitative estimate of drug-likeness (QED) is 0.109. The van der Waals surface area contributed by atoms with E-state index in [-0.39, 0.29) is 0 Å². The molecule has 0 spiro atoms. The SMILES string of the molecule is O=P(c1ccccc1)(c1ccccc1)c1ccccc1/C(=C/c1ccc(C(F)(F)F)cc1)c1ccc(C(F)(F)F)cc1. The third-order valence-corrected chi connectivity index (χ3v) is 9.96. The van der Waals surface area contributed by atoms with Gasteiger partial charge < -0.3 is 4.57 Å². The van der Waals surface area contributed by atoms with E-state index >= 15 is 4.57 Å². The van der Waals surface area contributed by atoms with Crippen LogP contribution in [0.15, 0.2) is 133 Å². The van der Waals surface area contributed by atoms with Crippen molar-refractivity contribution in [2.24, 2.45) is 0 Å². The molecule has 212 valence electrons. The lowest BCUT2D eigenvalue weighted by molar-refractivity contribution is -0.138. The van der Waals surface area contributed by atoms with Gasteiger partial charge in [-0.1, -0.05) is 109 Å². The van der Waals surface area contributed by atoms with Gasteiger partial charge in [0.25, 0.3) is 0 Å². The third-order valence-electron chi connectivity index (χ3n) is 6.85. The molecule has 0 aromatic heterocycles. The molecule has 0 aliphatic rings. The predicted molar refractivity (Wildman–Crippen MR) is 156 cm³/mol. The predicted octanol–water partition coefficient (Wildman–Crippen LogP) is 8.95. The van der Waals surface area contributed by atoms with Gasteiger partial charge in [0.05, 0.1) is 11.1 Å². The van der Waals surface area contributed by atoms with Crippen LogP contribution in [0.5, 0.6) is 0 Å². The molecule has 42 heavy (non-hydrogen) atoms. The Morgan fingerprint density at radius 3 is 1.43 bits per heavy atom. The maximum atomic E-state index is 15.3. The molecule has 0 radical (unpaired) electrons. The molecular formula is C34H23F6OP. The second-order valence-corrected chi connectivity index (χ2v) is 12.3. The molecule has 0 saturated carbocycles. The number of hydrogen-bond acceptors (Lipinski definition) is 1. The van der Waals surface area contributed by atoms with Gasteiger partial charge >= 0.3 is 12.4 Å². The van der Waals surface area contributed by atoms with Crippen LogP contribution in [-0.2, 0) is 16.9 Å². The first-order valence-corrected chi connectivity index (χ1v) is 14.6. The molecule has 0 fully saturated rings. The summed E-state index contributed by atoms with van der Waals surface area (Å²) in [5.41, 5.74) is -0.00853. The number of rotatable bonds is 6. The zero-order valence-electron chi connectivity index (χ0n) is 21.9. The lowest BCUT2D eigenvalue weighted by atomic mass is 9.94. The van der Waals surface area contributed by atoms with Gasteiger partial charge in [0.1, 0.15) is 0 Å². The highest BCUT2D eigenvalue weighted by atomic mass is 31.2. The minimum Gasteiger partial charge on any atom is -0.309 e. The Morgan fingerprint density at radius 1 is 0.524 bits per heavy atom. The van der Waals surface area contributed by atoms with Gasteiger partial charge in [-0.25, -0.2) is 0 Å². The summed E-state index contributed by atoms with van der Waals surface area (Å²) in [4.78, 5) is 0. The summed E-state index contributed by atoms with van der Waals surface area (Å²) in [6, 6.07) is 33.7. The minimum atomic E-state index is -4.55. The second kappa shape index (κ2) is 11.5. The molecule has 0 saturated heterocycles. The Kier molecular flexibility index (Phi) is 7.98. The summed E-state index contributed by atoms with van der Waals surface area (Å²) in [6.07, 6.45) is -7.48. The van der Waals surface area contributed by atoms with Crippen molar-refractivity contribution in [3.05, 3.63) is 161 Å². The Bertz CT molecular complexity index is 1700. The number of benzene rings is 5. The largest absolute Gasteiger partial charge is 0.416 e. The molecule has 5 aromatic rings. The van der Waals surface area contributed by atoms with Crippen LogP contribution in [0.3, 0.4) is 0 Å². The average Bonchev–Trinajstić information content (AvgIpc) is 3.00. The van der Waals surface area contributed by atoms with Gasteiger partial charge in [-0.2, -0.15) is 26.3 Å². The van der Waals surface area contributed by atoms with Gasteiger partial charge in [-0.3, -0.25) is 0 Å². The lowest BCUT2D eigenvalue weighted by Gasteiger charge is -2.24. The van der Waals surface area contributed by atoms with Crippen molar-refractivity contribution < 1.29 is 30.9 Å². The molecule has 0 bridgehead atoms. The molecule has 5 aromatic carbocycles. The van der Waals surface area contributed by atoms with Gasteiger partial charge in [-0.05, 0) is 52.6 Å². The molecule has 1 nitrogen and oxygen atoms in total. The van der Waals surface area contributed by atoms with Crippen molar-refractivity contribution >= 4 is 34.7 Å². The first kappa shape index (κ1) is 29.2. The topological polar surface area (TPSA) is 17.1 Å². The summed E-state index contributed by atoms with van der Waals surface area (Å²) in [5.74, 6) is 0. The number of hydrogen-bond donors (Lipinski definition) is 0. The Morgan fingerprint density at radius 2 is 0.952 bits per heavy atom. The van der Waals surface area contributed by atoms with E-state index in [4.69, 9.17) is 0 Å². The van der Waals surface area contributed by atoms with Crippen LogP contribution in [-0.4, -0.2) is 0 Å². The zero-order valence-corrected chi connectivity index (χ0v) is 22.8. The number of alkyl halides is 6. The van der Waals surface area contributed by atoms with Gasteiger partial charge in [-0.15, -0.1) is 0 Å². The molecule has 0 aliphatic heterocycles. The molecular weight excluding hydrogens is 569 g/mol. The second-order valence-electron chi connectivity index (χ2n) is 9.55. The molecule has 0 atom stereocenters. The monoisotopic (exact) mass is 592 g/mol. The Balaban J connectivity index is 1.77. The lowest BCUT2D eigenvalue weighted by Crippen LogP contribution is -2.27. The van der Waals surface area contributed by atoms with E-state index in [1.807, 2.05) is 12.1 Å². The summed E-state index contributed by atoms with van der Waals surface area (Å²) in [7, 11) is -3.53. The summed E-state index contributed by atoms with van der Waals surface area (Å²) in [5, 5.41) is 1.57. The van der Waals surface area contributed by atoms with Crippen LogP contribution in [0.25, 0.3) is 11.6 Å². The fraction of sp³-hybridized carbons (Fsp3) is 0.0588. The van der Waals surface area contributed by atoms with E-state index in [0.29, 0.717) is 38.2 Å². The standard InChI is InChI=1S/C34H23F6OP/c35-33(36,37)26-19-15-24(16-20-26)23-31(25-17-21-27(22-18-25)34(38,39)40)30-13-7-8-14-32(30)42(41,28-9-3-1-4-10-28)29-11-5-2-6-12-29/h1-23H/b31-23+. The van der Waals surface area contributed by atoms with E-state index in [9.17, 15) is 26.3 Å². The molecule has 0 heterocycles. The molecule has 0 amide bonds. The molecule has 0 aliphatic carbocycles. The Hall–Kier alpha value is -4.35. The van der Waals surface area contributed by atoms with Crippen molar-refractivity contribution in [1.82, 2.24) is 0 Å². The van der Waals surface area contributed by atoms with Crippen LogP contribution in [0.1, 0.15) is 27.8 Å². The van der Waals surface area contributed by atoms with Gasteiger partial charge in [0, 0.05) is 15.9 Å². The highest BCUT2D eigenvalue weighted by molar-refractivity contribution is 7.85. The van der Waals surface area contributed by atoms with Crippen molar-refractivity contribution in [2.45, 2.75) is 12.4 Å². The van der Waals surface area contributed by atoms with Crippen molar-refractivity contribution in [1.29, 1.82) is 0 Å². The average molecular weight is 593 g/mol. The summed E-state index contributed by atoms with van der Waals surface area (Å²) in [6.45, 7) is 0. The smallest absolute Gasteiger partial charge is 0.309 e. The van der Waals surface area contributed by atoms with E-state index in [2.05, 4.69) is 0 Å². The van der Waals surface area contributed by atoms with Crippen LogP contribution >= 0.6 is 7.14 Å². The van der Waals surface area contributed by atoms with Crippen LogP contribution in [0, 0.1) is 0 Å². The minimum absolute atomic E-state index is 0.378. The van der Waals surface area contributed by atoms with Crippen LogP contribution in [0.2, 0.25) is 0 Å². The fourth-order valence-electron chi connectivity index (χ4n) is 4.77. The van der Waals surface area contributed by atoms with E-state index in [1.165, 1.54) is 24.3 Å². The Labute approximate surface area is 239 Å². The van der Waals surface area contributed by atoms with E-state index < -0.39 is 30.6 Å². The highest BCUT2D eigenvalue weighted by Crippen LogP contribution is 2.45. The zero-order chi connectivity index (χ0) is 30.0. The number of halogens is 6. The normalized spacial score (nSPS) is 12.8. The van der Waals surface area contributed by atoms with Gasteiger partial charge in [0.15, 0.2) is 7.14 Å².